The predicted molar refractivity (Wildman–Crippen MR) is 117 cm³/mol. The first-order chi connectivity index (χ1) is 15.2. The fraction of sp³-hybridized carbons (Fsp3) is 0.136. The van der Waals surface area contributed by atoms with Gasteiger partial charge >= 0.3 is 6.01 Å². The van der Waals surface area contributed by atoms with Crippen molar-refractivity contribution in [2.24, 2.45) is 0 Å². The molecule has 0 unspecified atom stereocenters. The Balaban J connectivity index is 1.59. The van der Waals surface area contributed by atoms with Crippen LogP contribution in [0.2, 0.25) is 0 Å². The number of benzene rings is 2. The van der Waals surface area contributed by atoms with E-state index in [1.807, 2.05) is 42.5 Å². The van der Waals surface area contributed by atoms with Gasteiger partial charge in [-0.25, -0.2) is 4.98 Å². The predicted octanol–water partition coefficient (Wildman–Crippen LogP) is 4.64. The van der Waals surface area contributed by atoms with E-state index in [1.165, 1.54) is 0 Å². The maximum absolute atomic E-state index is 5.81. The summed E-state index contributed by atoms with van der Waals surface area (Å²) in [6, 6.07) is 16.8. The molecule has 0 saturated heterocycles. The fourth-order valence-corrected chi connectivity index (χ4v) is 2.90. The van der Waals surface area contributed by atoms with Crippen molar-refractivity contribution in [2.75, 3.05) is 32.0 Å². The van der Waals surface area contributed by atoms with Crippen LogP contribution in [-0.4, -0.2) is 36.5 Å². The van der Waals surface area contributed by atoms with Gasteiger partial charge < -0.3 is 29.3 Å². The molecule has 2 aromatic heterocycles. The maximum atomic E-state index is 5.81. The molecule has 2 heterocycles. The van der Waals surface area contributed by atoms with Crippen molar-refractivity contribution < 1.29 is 18.6 Å². The maximum Gasteiger partial charge on any atom is 0.320 e. The molecule has 2 aromatic carbocycles. The van der Waals surface area contributed by atoms with Gasteiger partial charge in [-0.3, -0.25) is 0 Å². The Morgan fingerprint density at radius 3 is 2.23 bits per heavy atom. The monoisotopic (exact) mass is 419 g/mol. The first-order valence-corrected chi connectivity index (χ1v) is 9.38. The van der Waals surface area contributed by atoms with E-state index in [0.717, 1.165) is 17.1 Å². The molecular formula is C22H21N5O4. The number of rotatable bonds is 8. The average molecular weight is 419 g/mol. The third-order valence-electron chi connectivity index (χ3n) is 4.40. The number of pyridine rings is 1. The molecule has 9 heteroatoms. The molecule has 0 amide bonds. The third-order valence-corrected chi connectivity index (χ3v) is 4.40. The number of methoxy groups -OCH3 is 3. The van der Waals surface area contributed by atoms with Crippen LogP contribution in [0.3, 0.4) is 0 Å². The second-order valence-corrected chi connectivity index (χ2v) is 6.40. The summed E-state index contributed by atoms with van der Waals surface area (Å²) in [5, 5.41) is 14.6. The van der Waals surface area contributed by atoms with Crippen LogP contribution in [0.1, 0.15) is 0 Å². The van der Waals surface area contributed by atoms with E-state index in [4.69, 9.17) is 18.6 Å². The summed E-state index contributed by atoms with van der Waals surface area (Å²) in [5.41, 5.74) is 2.16. The number of nitrogens with zero attached hydrogens (tertiary/aromatic N) is 3. The van der Waals surface area contributed by atoms with Gasteiger partial charge in [-0.15, -0.1) is 5.10 Å². The quantitative estimate of drug-likeness (QED) is 0.422. The zero-order valence-corrected chi connectivity index (χ0v) is 17.2. The second kappa shape index (κ2) is 9.04. The Morgan fingerprint density at radius 2 is 1.48 bits per heavy atom. The molecule has 0 radical (unpaired) electrons. The Labute approximate surface area is 179 Å². The molecule has 158 valence electrons. The molecule has 0 fully saturated rings. The Bertz CT molecular complexity index is 1160. The molecule has 9 nitrogen and oxygen atoms in total. The minimum Gasteiger partial charge on any atom is -0.497 e. The van der Waals surface area contributed by atoms with Crippen LogP contribution >= 0.6 is 0 Å². The lowest BCUT2D eigenvalue weighted by Crippen LogP contribution is -1.98. The van der Waals surface area contributed by atoms with Crippen LogP contribution in [0.4, 0.5) is 23.2 Å². The van der Waals surface area contributed by atoms with Crippen molar-refractivity contribution in [1.82, 2.24) is 15.2 Å². The smallest absolute Gasteiger partial charge is 0.320 e. The van der Waals surface area contributed by atoms with E-state index < -0.39 is 0 Å². The van der Waals surface area contributed by atoms with E-state index in [1.54, 1.807) is 39.7 Å². The topological polar surface area (TPSA) is 104 Å². The molecule has 2 N–H and O–H groups in total. The number of nitrogens with one attached hydrogen (secondary N) is 2. The van der Waals surface area contributed by atoms with Gasteiger partial charge in [0.25, 0.3) is 5.89 Å². The van der Waals surface area contributed by atoms with E-state index in [-0.39, 0.29) is 6.01 Å². The summed E-state index contributed by atoms with van der Waals surface area (Å²) >= 11 is 0. The molecule has 0 aliphatic rings. The van der Waals surface area contributed by atoms with Crippen LogP contribution < -0.4 is 24.8 Å². The largest absolute Gasteiger partial charge is 0.497 e. The highest BCUT2D eigenvalue weighted by Crippen LogP contribution is 2.32. The fourth-order valence-electron chi connectivity index (χ4n) is 2.90. The van der Waals surface area contributed by atoms with Crippen molar-refractivity contribution in [3.8, 4) is 28.7 Å². The summed E-state index contributed by atoms with van der Waals surface area (Å²) in [7, 11) is 4.80. The molecule has 0 saturated carbocycles. The molecule has 0 spiro atoms. The number of hydrogen-bond donors (Lipinski definition) is 2. The minimum absolute atomic E-state index is 0.251. The molecule has 4 rings (SSSR count). The number of ether oxygens (including phenoxy) is 3. The number of aromatic nitrogens is 3. The lowest BCUT2D eigenvalue weighted by molar-refractivity contribution is 0.395. The van der Waals surface area contributed by atoms with Crippen LogP contribution in [0.15, 0.2) is 65.2 Å². The lowest BCUT2D eigenvalue weighted by atomic mass is 10.2. The van der Waals surface area contributed by atoms with Gasteiger partial charge in [-0.1, -0.05) is 11.2 Å². The van der Waals surface area contributed by atoms with Crippen LogP contribution in [-0.2, 0) is 0 Å². The van der Waals surface area contributed by atoms with E-state index in [0.29, 0.717) is 28.8 Å². The highest BCUT2D eigenvalue weighted by molar-refractivity contribution is 5.74. The standard InChI is InChI=1S/C22H21N5O4/c1-28-16-7-4-6-14(10-16)25-22-27-26-21(31-22)19-8-5-9-23-20(19)24-15-11-17(29-2)13-18(12-15)30-3/h4-13H,1-3H3,(H,23,24)(H,25,27). The molecule has 0 bridgehead atoms. The van der Waals surface area contributed by atoms with Gasteiger partial charge in [0.1, 0.15) is 23.1 Å². The molecular weight excluding hydrogens is 398 g/mol. The zero-order chi connectivity index (χ0) is 21.6. The summed E-state index contributed by atoms with van der Waals surface area (Å²) in [4.78, 5) is 4.42. The average Bonchev–Trinajstić information content (AvgIpc) is 3.27. The molecule has 31 heavy (non-hydrogen) atoms. The molecule has 4 aromatic rings. The van der Waals surface area contributed by atoms with Crippen molar-refractivity contribution in [2.45, 2.75) is 0 Å². The minimum atomic E-state index is 0.251. The first-order valence-electron chi connectivity index (χ1n) is 9.38. The van der Waals surface area contributed by atoms with Gasteiger partial charge in [0.15, 0.2) is 0 Å². The van der Waals surface area contributed by atoms with Crippen molar-refractivity contribution >= 4 is 23.2 Å². The van der Waals surface area contributed by atoms with Gasteiger partial charge in [0, 0.05) is 41.8 Å². The summed E-state index contributed by atoms with van der Waals surface area (Å²) < 4.78 is 21.7. The SMILES string of the molecule is COc1cccc(Nc2nnc(-c3cccnc3Nc3cc(OC)cc(OC)c3)o2)c1. The van der Waals surface area contributed by atoms with E-state index >= 15 is 0 Å². The normalized spacial score (nSPS) is 10.4. The van der Waals surface area contributed by atoms with Gasteiger partial charge in [0.2, 0.25) is 0 Å². The van der Waals surface area contributed by atoms with Crippen LogP contribution in [0.5, 0.6) is 17.2 Å². The van der Waals surface area contributed by atoms with Crippen molar-refractivity contribution in [3.05, 3.63) is 60.8 Å². The Kier molecular flexibility index (Phi) is 5.84. The van der Waals surface area contributed by atoms with Gasteiger partial charge in [-0.2, -0.15) is 0 Å². The Hall–Kier alpha value is -4.27. The lowest BCUT2D eigenvalue weighted by Gasteiger charge is -2.11. The highest BCUT2D eigenvalue weighted by Gasteiger charge is 2.15. The highest BCUT2D eigenvalue weighted by atomic mass is 16.5. The Morgan fingerprint density at radius 1 is 0.742 bits per heavy atom. The van der Waals surface area contributed by atoms with Crippen molar-refractivity contribution in [3.63, 3.8) is 0 Å². The summed E-state index contributed by atoms with van der Waals surface area (Å²) in [5.74, 6) is 2.89. The molecule has 0 aliphatic carbocycles. The van der Waals surface area contributed by atoms with Crippen molar-refractivity contribution in [1.29, 1.82) is 0 Å². The first kappa shape index (κ1) is 20.0. The molecule has 0 atom stereocenters. The zero-order valence-electron chi connectivity index (χ0n) is 17.2. The number of anilines is 4. The van der Waals surface area contributed by atoms with E-state index in [9.17, 15) is 0 Å². The van der Waals surface area contributed by atoms with Gasteiger partial charge in [-0.05, 0) is 24.3 Å². The summed E-state index contributed by atoms with van der Waals surface area (Å²) in [6.07, 6.45) is 1.68. The van der Waals surface area contributed by atoms with E-state index in [2.05, 4.69) is 25.8 Å². The molecule has 0 aliphatic heterocycles. The third kappa shape index (κ3) is 4.67. The second-order valence-electron chi connectivity index (χ2n) is 6.40. The van der Waals surface area contributed by atoms with Gasteiger partial charge in [0.05, 0.1) is 26.9 Å². The number of hydrogen-bond acceptors (Lipinski definition) is 9. The summed E-state index contributed by atoms with van der Waals surface area (Å²) in [6.45, 7) is 0. The van der Waals surface area contributed by atoms with Crippen LogP contribution in [0, 0.1) is 0 Å². The van der Waals surface area contributed by atoms with Crippen LogP contribution in [0.25, 0.3) is 11.5 Å².